The average Bonchev–Trinajstić information content (AvgIpc) is 2.37. The number of nitrogen functional groups attached to an aromatic ring is 1. The zero-order valence-electron chi connectivity index (χ0n) is 10.3. The number of hydrogen-bond acceptors (Lipinski definition) is 4. The van der Waals surface area contributed by atoms with Gasteiger partial charge in [-0.25, -0.2) is 0 Å². The molecule has 1 aliphatic heterocycles. The van der Waals surface area contributed by atoms with E-state index in [0.29, 0.717) is 12.3 Å². The van der Waals surface area contributed by atoms with E-state index in [-0.39, 0.29) is 0 Å². The summed E-state index contributed by atoms with van der Waals surface area (Å²) in [5, 5.41) is 1.90. The van der Waals surface area contributed by atoms with Crippen LogP contribution in [0.15, 0.2) is 18.2 Å². The first-order chi connectivity index (χ1) is 8.29. The van der Waals surface area contributed by atoms with E-state index in [4.69, 9.17) is 15.3 Å². The lowest BCUT2D eigenvalue weighted by Crippen LogP contribution is -2.29. The molecule has 2 rings (SSSR count). The second-order valence-corrected chi connectivity index (χ2v) is 4.25. The van der Waals surface area contributed by atoms with E-state index in [1.165, 1.54) is 0 Å². The Morgan fingerprint density at radius 2 is 2.24 bits per heavy atom. The smallest absolute Gasteiger partial charge is 0.123 e. The molecule has 1 fully saturated rings. The van der Waals surface area contributed by atoms with Gasteiger partial charge in [-0.05, 0) is 25.3 Å². The number of hydrogen-bond donors (Lipinski definition) is 1. The van der Waals surface area contributed by atoms with Crippen LogP contribution < -0.4 is 15.5 Å². The Hall–Kier alpha value is -1.42. The summed E-state index contributed by atoms with van der Waals surface area (Å²) in [6.07, 6.45) is 3.27. The Balaban J connectivity index is 2.12. The van der Waals surface area contributed by atoms with Gasteiger partial charge in [0.05, 0.1) is 18.9 Å². The van der Waals surface area contributed by atoms with Gasteiger partial charge < -0.3 is 10.5 Å². The van der Waals surface area contributed by atoms with Gasteiger partial charge in [-0.15, -0.1) is 0 Å². The fourth-order valence-corrected chi connectivity index (χ4v) is 1.85. The topological polar surface area (TPSA) is 47.7 Å². The maximum absolute atomic E-state index is 5.88. The number of ether oxygens (including phenoxy) is 1. The summed E-state index contributed by atoms with van der Waals surface area (Å²) in [6, 6.07) is 5.75. The Kier molecular flexibility index (Phi) is 4.09. The third-order valence-electron chi connectivity index (χ3n) is 2.68. The van der Waals surface area contributed by atoms with Crippen LogP contribution >= 0.6 is 0 Å². The quantitative estimate of drug-likeness (QED) is 0.816. The third-order valence-corrected chi connectivity index (χ3v) is 2.68. The Bertz CT molecular complexity index is 362. The third kappa shape index (κ3) is 3.27. The van der Waals surface area contributed by atoms with Crippen molar-refractivity contribution in [2.45, 2.75) is 26.2 Å². The molecule has 0 bridgehead atoms. The molecule has 94 valence electrons. The molecule has 0 unspecified atom stereocenters. The molecule has 4 nitrogen and oxygen atoms in total. The second kappa shape index (κ2) is 5.77. The fourth-order valence-electron chi connectivity index (χ4n) is 1.85. The maximum atomic E-state index is 5.88. The van der Waals surface area contributed by atoms with Gasteiger partial charge in [0.25, 0.3) is 0 Å². The summed E-state index contributed by atoms with van der Waals surface area (Å²) in [5.41, 5.74) is 7.57. The normalized spacial score (nSPS) is 15.9. The number of benzene rings is 1. The molecule has 0 radical (unpaired) electrons. The highest BCUT2D eigenvalue weighted by atomic mass is 16.7. The van der Waals surface area contributed by atoms with Crippen molar-refractivity contribution in [3.8, 4) is 5.75 Å². The second-order valence-electron chi connectivity index (χ2n) is 4.25. The molecule has 4 heteroatoms. The average molecular weight is 236 g/mol. The van der Waals surface area contributed by atoms with Crippen molar-refractivity contribution in [1.82, 2.24) is 0 Å². The van der Waals surface area contributed by atoms with Crippen LogP contribution in [0.4, 0.5) is 11.4 Å². The van der Waals surface area contributed by atoms with Crippen molar-refractivity contribution in [2.24, 2.45) is 0 Å². The van der Waals surface area contributed by atoms with Crippen LogP contribution in [0.5, 0.6) is 5.75 Å². The van der Waals surface area contributed by atoms with E-state index < -0.39 is 0 Å². The molecule has 0 spiro atoms. The summed E-state index contributed by atoms with van der Waals surface area (Å²) in [5.74, 6) is 0.816. The fraction of sp³-hybridized carbons (Fsp3) is 0.538. The lowest BCUT2D eigenvalue weighted by atomic mass is 10.2. The molecule has 1 aromatic rings. The van der Waals surface area contributed by atoms with Crippen LogP contribution in [0.25, 0.3) is 0 Å². The molecular formula is C13H20N2O2. The van der Waals surface area contributed by atoms with Gasteiger partial charge in [0.2, 0.25) is 0 Å². The van der Waals surface area contributed by atoms with E-state index in [1.807, 2.05) is 23.3 Å². The molecule has 1 heterocycles. The number of hydroxylamine groups is 1. The lowest BCUT2D eigenvalue weighted by molar-refractivity contribution is 0.0777. The zero-order valence-corrected chi connectivity index (χ0v) is 10.3. The van der Waals surface area contributed by atoms with Gasteiger partial charge in [0.15, 0.2) is 0 Å². The molecule has 0 saturated carbocycles. The van der Waals surface area contributed by atoms with Gasteiger partial charge in [0, 0.05) is 24.4 Å². The van der Waals surface area contributed by atoms with Gasteiger partial charge >= 0.3 is 0 Å². The van der Waals surface area contributed by atoms with Crippen molar-refractivity contribution in [2.75, 3.05) is 30.6 Å². The molecule has 0 aromatic heterocycles. The molecule has 0 atom stereocenters. The largest absolute Gasteiger partial charge is 0.493 e. The van der Waals surface area contributed by atoms with Crippen molar-refractivity contribution in [1.29, 1.82) is 0 Å². The van der Waals surface area contributed by atoms with Crippen molar-refractivity contribution in [3.05, 3.63) is 18.2 Å². The minimum absolute atomic E-state index is 0.711. The summed E-state index contributed by atoms with van der Waals surface area (Å²) < 4.78 is 5.61. The summed E-state index contributed by atoms with van der Waals surface area (Å²) in [6.45, 7) is 4.49. The minimum atomic E-state index is 0.711. The first-order valence-corrected chi connectivity index (χ1v) is 6.23. The Morgan fingerprint density at radius 3 is 2.94 bits per heavy atom. The summed E-state index contributed by atoms with van der Waals surface area (Å²) in [4.78, 5) is 5.60. The molecule has 0 aliphatic carbocycles. The van der Waals surface area contributed by atoms with Gasteiger partial charge in [-0.1, -0.05) is 6.92 Å². The van der Waals surface area contributed by atoms with E-state index in [1.54, 1.807) is 0 Å². The minimum Gasteiger partial charge on any atom is -0.493 e. The van der Waals surface area contributed by atoms with E-state index in [0.717, 1.165) is 43.9 Å². The number of rotatable bonds is 4. The lowest BCUT2D eigenvalue weighted by Gasteiger charge is -2.28. The van der Waals surface area contributed by atoms with Gasteiger partial charge in [-0.2, -0.15) is 0 Å². The number of nitrogens with zero attached hydrogens (tertiary/aromatic N) is 1. The summed E-state index contributed by atoms with van der Waals surface area (Å²) in [7, 11) is 0. The van der Waals surface area contributed by atoms with Crippen LogP contribution in [-0.2, 0) is 4.84 Å². The van der Waals surface area contributed by atoms with E-state index >= 15 is 0 Å². The predicted molar refractivity (Wildman–Crippen MR) is 69.2 cm³/mol. The number of anilines is 2. The highest BCUT2D eigenvalue weighted by molar-refractivity contribution is 5.59. The predicted octanol–water partition coefficient (Wildman–Crippen LogP) is 2.59. The monoisotopic (exact) mass is 236 g/mol. The number of nitrogens with two attached hydrogens (primary N) is 1. The highest BCUT2D eigenvalue weighted by Crippen LogP contribution is 2.27. The first-order valence-electron chi connectivity index (χ1n) is 6.23. The molecule has 0 amide bonds. The molecule has 2 N–H and O–H groups in total. The first kappa shape index (κ1) is 12.0. The van der Waals surface area contributed by atoms with E-state index in [9.17, 15) is 0 Å². The molecule has 17 heavy (non-hydrogen) atoms. The standard InChI is InChI=1S/C13H20N2O2/c1-2-6-16-13-9-11(14)8-12(10-13)15-5-3-4-7-17-15/h8-10H,2-7,14H2,1H3. The summed E-state index contributed by atoms with van der Waals surface area (Å²) >= 11 is 0. The van der Waals surface area contributed by atoms with Crippen LogP contribution in [0.2, 0.25) is 0 Å². The Labute approximate surface area is 102 Å². The molecular weight excluding hydrogens is 216 g/mol. The Morgan fingerprint density at radius 1 is 1.35 bits per heavy atom. The van der Waals surface area contributed by atoms with Crippen molar-refractivity contribution >= 4 is 11.4 Å². The maximum Gasteiger partial charge on any atom is 0.123 e. The molecule has 1 aromatic carbocycles. The van der Waals surface area contributed by atoms with Crippen LogP contribution in [-0.4, -0.2) is 19.8 Å². The van der Waals surface area contributed by atoms with Crippen LogP contribution in [0.1, 0.15) is 26.2 Å². The van der Waals surface area contributed by atoms with Crippen LogP contribution in [0, 0.1) is 0 Å². The van der Waals surface area contributed by atoms with Crippen molar-refractivity contribution < 1.29 is 9.57 Å². The SMILES string of the molecule is CCCOc1cc(N)cc(N2CCCCO2)c1. The van der Waals surface area contributed by atoms with Crippen molar-refractivity contribution in [3.63, 3.8) is 0 Å². The highest BCUT2D eigenvalue weighted by Gasteiger charge is 2.13. The molecule has 1 aliphatic rings. The van der Waals surface area contributed by atoms with Crippen LogP contribution in [0.3, 0.4) is 0 Å². The molecule has 1 saturated heterocycles. The van der Waals surface area contributed by atoms with Gasteiger partial charge in [-0.3, -0.25) is 9.90 Å². The van der Waals surface area contributed by atoms with E-state index in [2.05, 4.69) is 6.92 Å². The zero-order chi connectivity index (χ0) is 12.1. The van der Waals surface area contributed by atoms with Gasteiger partial charge in [0.1, 0.15) is 5.75 Å².